The maximum absolute atomic E-state index is 12.1. The van der Waals surface area contributed by atoms with Gasteiger partial charge in [-0.2, -0.15) is 0 Å². The Labute approximate surface area is 144 Å². The molecule has 124 valence electrons. The molecule has 0 bridgehead atoms. The third-order valence-electron chi connectivity index (χ3n) is 3.41. The van der Waals surface area contributed by atoms with Crippen LogP contribution in [0.3, 0.4) is 0 Å². The fourth-order valence-electron chi connectivity index (χ4n) is 2.26. The first kappa shape index (κ1) is 16.3. The van der Waals surface area contributed by atoms with Crippen LogP contribution in [0.2, 0.25) is 0 Å². The largest absolute Gasteiger partial charge is 0.494 e. The second-order valence-corrected chi connectivity index (χ2v) is 6.16. The summed E-state index contributed by atoms with van der Waals surface area (Å²) in [5.74, 6) is 0.677. The molecule has 0 aliphatic rings. The molecule has 0 radical (unpaired) electrons. The van der Waals surface area contributed by atoms with Crippen LogP contribution in [0.5, 0.6) is 5.75 Å². The number of ether oxygens (including phenoxy) is 1. The maximum atomic E-state index is 12.1. The Morgan fingerprint density at radius 2 is 1.92 bits per heavy atom. The summed E-state index contributed by atoms with van der Waals surface area (Å²) in [4.78, 5) is 16.6. The lowest BCUT2D eigenvalue weighted by molar-refractivity contribution is 0.0955. The van der Waals surface area contributed by atoms with Crippen molar-refractivity contribution in [2.75, 3.05) is 25.0 Å². The molecule has 0 saturated heterocycles. The molecular formula is C18H19N3O2S. The van der Waals surface area contributed by atoms with Crippen LogP contribution in [-0.4, -0.2) is 30.6 Å². The first-order valence-electron chi connectivity index (χ1n) is 7.87. The number of para-hydroxylation sites is 1. The highest BCUT2D eigenvalue weighted by molar-refractivity contribution is 7.22. The van der Waals surface area contributed by atoms with E-state index in [1.807, 2.05) is 31.2 Å². The number of hydrogen-bond donors (Lipinski definition) is 2. The summed E-state index contributed by atoms with van der Waals surface area (Å²) in [5.41, 5.74) is 1.61. The number of fused-ring (bicyclic) bond motifs is 1. The first-order chi connectivity index (χ1) is 11.8. The normalized spacial score (nSPS) is 10.5. The van der Waals surface area contributed by atoms with Gasteiger partial charge in [-0.1, -0.05) is 23.5 Å². The Kier molecular flexibility index (Phi) is 5.28. The van der Waals surface area contributed by atoms with E-state index >= 15 is 0 Å². The van der Waals surface area contributed by atoms with Crippen LogP contribution in [-0.2, 0) is 0 Å². The van der Waals surface area contributed by atoms with Crippen LogP contribution in [0.25, 0.3) is 10.2 Å². The Morgan fingerprint density at radius 1 is 1.12 bits per heavy atom. The highest BCUT2D eigenvalue weighted by Gasteiger charge is 2.06. The standard InChI is InChI=1S/C18H19N3O2S/c1-2-23-14-9-7-13(8-10-14)17(22)19-11-12-20-18-21-15-5-3-4-6-16(15)24-18/h3-10H,2,11-12H2,1H3,(H,19,22)(H,20,21). The number of amides is 1. The van der Waals surface area contributed by atoms with Gasteiger partial charge in [-0.3, -0.25) is 4.79 Å². The van der Waals surface area contributed by atoms with Gasteiger partial charge in [0, 0.05) is 18.7 Å². The summed E-state index contributed by atoms with van der Waals surface area (Å²) >= 11 is 1.61. The molecular weight excluding hydrogens is 322 g/mol. The summed E-state index contributed by atoms with van der Waals surface area (Å²) in [6.45, 7) is 3.70. The van der Waals surface area contributed by atoms with Crippen LogP contribution >= 0.6 is 11.3 Å². The summed E-state index contributed by atoms with van der Waals surface area (Å²) in [5, 5.41) is 7.00. The van der Waals surface area contributed by atoms with Crippen molar-refractivity contribution in [3.05, 3.63) is 54.1 Å². The van der Waals surface area contributed by atoms with E-state index in [0.29, 0.717) is 25.3 Å². The monoisotopic (exact) mass is 341 g/mol. The second kappa shape index (κ2) is 7.79. The molecule has 1 amide bonds. The third-order valence-corrected chi connectivity index (χ3v) is 4.40. The predicted octanol–water partition coefficient (Wildman–Crippen LogP) is 3.54. The molecule has 0 atom stereocenters. The number of anilines is 1. The number of rotatable bonds is 7. The van der Waals surface area contributed by atoms with Gasteiger partial charge in [0.1, 0.15) is 5.75 Å². The van der Waals surface area contributed by atoms with Crippen molar-refractivity contribution in [2.24, 2.45) is 0 Å². The summed E-state index contributed by atoms with van der Waals surface area (Å²) in [6.07, 6.45) is 0. The Balaban J connectivity index is 1.46. The fourth-order valence-corrected chi connectivity index (χ4v) is 3.16. The molecule has 2 aromatic carbocycles. The zero-order chi connectivity index (χ0) is 16.8. The van der Waals surface area contributed by atoms with Crippen LogP contribution in [0, 0.1) is 0 Å². The van der Waals surface area contributed by atoms with Crippen molar-refractivity contribution in [3.63, 3.8) is 0 Å². The quantitative estimate of drug-likeness (QED) is 0.645. The summed E-state index contributed by atoms with van der Waals surface area (Å²) < 4.78 is 6.52. The van der Waals surface area contributed by atoms with Gasteiger partial charge in [-0.05, 0) is 43.3 Å². The topological polar surface area (TPSA) is 63.2 Å². The summed E-state index contributed by atoms with van der Waals surface area (Å²) in [7, 11) is 0. The number of carbonyl (C=O) groups is 1. The van der Waals surface area contributed by atoms with Crippen molar-refractivity contribution >= 4 is 32.6 Å². The third kappa shape index (κ3) is 4.02. The fraction of sp³-hybridized carbons (Fsp3) is 0.222. The molecule has 0 aliphatic carbocycles. The molecule has 0 saturated carbocycles. The molecule has 1 aromatic heterocycles. The van der Waals surface area contributed by atoms with Crippen LogP contribution < -0.4 is 15.4 Å². The lowest BCUT2D eigenvalue weighted by atomic mass is 10.2. The van der Waals surface area contributed by atoms with Gasteiger partial charge in [-0.25, -0.2) is 4.98 Å². The minimum absolute atomic E-state index is 0.0934. The molecule has 3 rings (SSSR count). The minimum Gasteiger partial charge on any atom is -0.494 e. The van der Waals surface area contributed by atoms with E-state index in [4.69, 9.17) is 4.74 Å². The Bertz CT molecular complexity index is 782. The van der Waals surface area contributed by atoms with Gasteiger partial charge in [0.2, 0.25) is 0 Å². The van der Waals surface area contributed by atoms with E-state index in [-0.39, 0.29) is 5.91 Å². The number of nitrogens with zero attached hydrogens (tertiary/aromatic N) is 1. The molecule has 6 heteroatoms. The molecule has 1 heterocycles. The zero-order valence-electron chi connectivity index (χ0n) is 13.4. The number of aromatic nitrogens is 1. The predicted molar refractivity (Wildman–Crippen MR) is 98.1 cm³/mol. The molecule has 0 aliphatic heterocycles. The van der Waals surface area contributed by atoms with Crippen LogP contribution in [0.15, 0.2) is 48.5 Å². The van der Waals surface area contributed by atoms with Gasteiger partial charge in [-0.15, -0.1) is 0 Å². The summed E-state index contributed by atoms with van der Waals surface area (Å²) in [6, 6.07) is 15.2. The van der Waals surface area contributed by atoms with E-state index in [1.165, 1.54) is 0 Å². The molecule has 0 unspecified atom stereocenters. The van der Waals surface area contributed by atoms with E-state index in [1.54, 1.807) is 35.6 Å². The van der Waals surface area contributed by atoms with E-state index < -0.39 is 0 Å². The van der Waals surface area contributed by atoms with Crippen molar-refractivity contribution in [1.29, 1.82) is 0 Å². The van der Waals surface area contributed by atoms with Gasteiger partial charge in [0.25, 0.3) is 5.91 Å². The molecule has 0 fully saturated rings. The minimum atomic E-state index is -0.0934. The molecule has 24 heavy (non-hydrogen) atoms. The SMILES string of the molecule is CCOc1ccc(C(=O)NCCNc2nc3ccccc3s2)cc1. The van der Waals surface area contributed by atoms with E-state index in [2.05, 4.69) is 15.6 Å². The van der Waals surface area contributed by atoms with Crippen molar-refractivity contribution < 1.29 is 9.53 Å². The molecule has 2 N–H and O–H groups in total. The smallest absolute Gasteiger partial charge is 0.251 e. The van der Waals surface area contributed by atoms with Crippen molar-refractivity contribution in [3.8, 4) is 5.75 Å². The van der Waals surface area contributed by atoms with Gasteiger partial charge in [0.15, 0.2) is 5.13 Å². The van der Waals surface area contributed by atoms with E-state index in [0.717, 1.165) is 21.1 Å². The average Bonchev–Trinajstić information content (AvgIpc) is 3.02. The highest BCUT2D eigenvalue weighted by Crippen LogP contribution is 2.24. The van der Waals surface area contributed by atoms with Gasteiger partial charge >= 0.3 is 0 Å². The molecule has 5 nitrogen and oxygen atoms in total. The van der Waals surface area contributed by atoms with Crippen molar-refractivity contribution in [2.45, 2.75) is 6.92 Å². The molecule has 0 spiro atoms. The molecule has 3 aromatic rings. The van der Waals surface area contributed by atoms with Gasteiger partial charge in [0.05, 0.1) is 16.8 Å². The lowest BCUT2D eigenvalue weighted by Gasteiger charge is -2.07. The second-order valence-electron chi connectivity index (χ2n) is 5.13. The van der Waals surface area contributed by atoms with Crippen LogP contribution in [0.4, 0.5) is 5.13 Å². The average molecular weight is 341 g/mol. The Morgan fingerprint density at radius 3 is 2.67 bits per heavy atom. The lowest BCUT2D eigenvalue weighted by Crippen LogP contribution is -2.28. The van der Waals surface area contributed by atoms with Gasteiger partial charge < -0.3 is 15.4 Å². The van der Waals surface area contributed by atoms with Crippen molar-refractivity contribution in [1.82, 2.24) is 10.3 Å². The number of nitrogens with one attached hydrogen (secondary N) is 2. The number of carbonyl (C=O) groups excluding carboxylic acids is 1. The Hall–Kier alpha value is -2.60. The maximum Gasteiger partial charge on any atom is 0.251 e. The number of thiazole rings is 1. The number of benzene rings is 2. The first-order valence-corrected chi connectivity index (χ1v) is 8.68. The van der Waals surface area contributed by atoms with Crippen LogP contribution in [0.1, 0.15) is 17.3 Å². The highest BCUT2D eigenvalue weighted by atomic mass is 32.1. The van der Waals surface area contributed by atoms with E-state index in [9.17, 15) is 4.79 Å². The zero-order valence-corrected chi connectivity index (χ0v) is 14.2. The number of hydrogen-bond acceptors (Lipinski definition) is 5.